The van der Waals surface area contributed by atoms with E-state index >= 15 is 0 Å². The van der Waals surface area contributed by atoms with Crippen LogP contribution in [0.25, 0.3) is 0 Å². The van der Waals surface area contributed by atoms with Gasteiger partial charge in [0, 0.05) is 12.0 Å². The van der Waals surface area contributed by atoms with Crippen LogP contribution in [-0.4, -0.2) is 19.7 Å². The van der Waals surface area contributed by atoms with Gasteiger partial charge in [0.1, 0.15) is 5.75 Å². The number of rotatable bonds is 4. The number of hydrogen-bond donors (Lipinski definition) is 1. The average molecular weight is 267 g/mol. The Bertz CT molecular complexity index is 552. The van der Waals surface area contributed by atoms with Crippen LogP contribution in [0.3, 0.4) is 0 Å². The lowest BCUT2D eigenvalue weighted by Gasteiger charge is -2.32. The predicted octanol–water partition coefficient (Wildman–Crippen LogP) is 3.38. The predicted molar refractivity (Wildman–Crippen MR) is 82.3 cm³/mol. The Labute approximate surface area is 120 Å². The van der Waals surface area contributed by atoms with Gasteiger partial charge in [0.2, 0.25) is 0 Å². The highest BCUT2D eigenvalue weighted by atomic mass is 16.5. The van der Waals surface area contributed by atoms with Crippen molar-refractivity contribution in [1.82, 2.24) is 5.32 Å². The lowest BCUT2D eigenvalue weighted by atomic mass is 9.84. The third-order valence-corrected chi connectivity index (χ3v) is 4.16. The van der Waals surface area contributed by atoms with Gasteiger partial charge in [-0.1, -0.05) is 48.5 Å². The molecule has 0 saturated carbocycles. The fraction of sp³-hybridized carbons (Fsp3) is 0.333. The Morgan fingerprint density at radius 1 is 1.10 bits per heavy atom. The van der Waals surface area contributed by atoms with Crippen molar-refractivity contribution >= 4 is 0 Å². The van der Waals surface area contributed by atoms with E-state index in [9.17, 15) is 0 Å². The number of hydrogen-bond acceptors (Lipinski definition) is 2. The zero-order valence-electron chi connectivity index (χ0n) is 11.9. The van der Waals surface area contributed by atoms with Crippen molar-refractivity contribution in [2.45, 2.75) is 24.8 Å². The molecule has 2 nitrogen and oxygen atoms in total. The van der Waals surface area contributed by atoms with Crippen LogP contribution in [0.1, 0.15) is 23.5 Å². The van der Waals surface area contributed by atoms with E-state index in [1.54, 1.807) is 0 Å². The molecule has 0 aromatic heterocycles. The molecule has 0 spiro atoms. The van der Waals surface area contributed by atoms with Gasteiger partial charge >= 0.3 is 0 Å². The normalized spacial score (nSPS) is 18.9. The SMILES string of the molecule is CNC(Cc1ccccc1)C1CCOc2ccccc21. The first-order valence-corrected chi connectivity index (χ1v) is 7.31. The van der Waals surface area contributed by atoms with Gasteiger partial charge < -0.3 is 10.1 Å². The van der Waals surface area contributed by atoms with E-state index in [0.717, 1.165) is 25.2 Å². The minimum atomic E-state index is 0.447. The maximum absolute atomic E-state index is 5.77. The monoisotopic (exact) mass is 267 g/mol. The first-order valence-electron chi connectivity index (χ1n) is 7.31. The van der Waals surface area contributed by atoms with Crippen LogP contribution in [-0.2, 0) is 6.42 Å². The van der Waals surface area contributed by atoms with E-state index in [1.807, 2.05) is 6.07 Å². The van der Waals surface area contributed by atoms with Gasteiger partial charge in [-0.2, -0.15) is 0 Å². The standard InChI is InChI=1S/C18H21NO/c1-19-17(13-14-7-3-2-4-8-14)15-11-12-20-18-10-6-5-9-16(15)18/h2-10,15,17,19H,11-13H2,1H3. The highest BCUT2D eigenvalue weighted by Gasteiger charge is 2.27. The third kappa shape index (κ3) is 2.70. The Morgan fingerprint density at radius 3 is 2.65 bits per heavy atom. The summed E-state index contributed by atoms with van der Waals surface area (Å²) in [5.41, 5.74) is 2.73. The van der Waals surface area contributed by atoms with E-state index in [2.05, 4.69) is 60.9 Å². The summed E-state index contributed by atoms with van der Waals surface area (Å²) in [7, 11) is 2.06. The molecule has 2 unspecified atom stereocenters. The van der Waals surface area contributed by atoms with Crippen molar-refractivity contribution in [1.29, 1.82) is 0 Å². The molecule has 0 saturated heterocycles. The molecule has 2 aromatic rings. The summed E-state index contributed by atoms with van der Waals surface area (Å²) < 4.78 is 5.77. The minimum absolute atomic E-state index is 0.447. The van der Waals surface area contributed by atoms with Crippen LogP contribution in [0, 0.1) is 0 Å². The van der Waals surface area contributed by atoms with Gasteiger partial charge in [0.15, 0.2) is 0 Å². The molecule has 1 aliphatic heterocycles. The highest BCUT2D eigenvalue weighted by Crippen LogP contribution is 2.36. The van der Waals surface area contributed by atoms with Crippen LogP contribution in [0.4, 0.5) is 0 Å². The van der Waals surface area contributed by atoms with Gasteiger partial charge in [0.05, 0.1) is 6.61 Å². The molecule has 0 amide bonds. The van der Waals surface area contributed by atoms with E-state index < -0.39 is 0 Å². The Morgan fingerprint density at radius 2 is 1.85 bits per heavy atom. The summed E-state index contributed by atoms with van der Waals surface area (Å²) in [6.45, 7) is 0.814. The molecule has 20 heavy (non-hydrogen) atoms. The summed E-state index contributed by atoms with van der Waals surface area (Å²) >= 11 is 0. The van der Waals surface area contributed by atoms with Crippen molar-refractivity contribution in [3.05, 3.63) is 65.7 Å². The van der Waals surface area contributed by atoms with Crippen LogP contribution in [0.15, 0.2) is 54.6 Å². The van der Waals surface area contributed by atoms with E-state index in [1.165, 1.54) is 11.1 Å². The van der Waals surface area contributed by atoms with Gasteiger partial charge in [-0.25, -0.2) is 0 Å². The number of fused-ring (bicyclic) bond motifs is 1. The fourth-order valence-electron chi connectivity index (χ4n) is 3.10. The molecule has 1 aliphatic rings. The molecular formula is C18H21NO. The molecule has 2 atom stereocenters. The molecule has 1 N–H and O–H groups in total. The average Bonchev–Trinajstić information content (AvgIpc) is 2.53. The van der Waals surface area contributed by atoms with Crippen molar-refractivity contribution in [2.24, 2.45) is 0 Å². The number of likely N-dealkylation sites (N-methyl/N-ethyl adjacent to an activating group) is 1. The summed E-state index contributed by atoms with van der Waals surface area (Å²) in [5, 5.41) is 3.51. The molecular weight excluding hydrogens is 246 g/mol. The lowest BCUT2D eigenvalue weighted by molar-refractivity contribution is 0.247. The minimum Gasteiger partial charge on any atom is -0.493 e. The molecule has 0 fully saturated rings. The van der Waals surface area contributed by atoms with Crippen LogP contribution < -0.4 is 10.1 Å². The van der Waals surface area contributed by atoms with E-state index in [-0.39, 0.29) is 0 Å². The smallest absolute Gasteiger partial charge is 0.122 e. The van der Waals surface area contributed by atoms with Crippen molar-refractivity contribution < 1.29 is 4.74 Å². The summed E-state index contributed by atoms with van der Waals surface area (Å²) in [4.78, 5) is 0. The Hall–Kier alpha value is -1.80. The molecule has 0 aliphatic carbocycles. The molecule has 0 bridgehead atoms. The fourth-order valence-corrected chi connectivity index (χ4v) is 3.10. The van der Waals surface area contributed by atoms with Gasteiger partial charge in [-0.3, -0.25) is 0 Å². The molecule has 0 radical (unpaired) electrons. The topological polar surface area (TPSA) is 21.3 Å². The van der Waals surface area contributed by atoms with Crippen molar-refractivity contribution in [2.75, 3.05) is 13.7 Å². The summed E-state index contributed by atoms with van der Waals surface area (Å²) in [6.07, 6.45) is 2.13. The van der Waals surface area contributed by atoms with Crippen molar-refractivity contribution in [3.63, 3.8) is 0 Å². The second-order valence-electron chi connectivity index (χ2n) is 5.37. The van der Waals surface area contributed by atoms with Crippen LogP contribution in [0.2, 0.25) is 0 Å². The number of ether oxygens (including phenoxy) is 1. The molecule has 2 aromatic carbocycles. The molecule has 1 heterocycles. The van der Waals surface area contributed by atoms with E-state index in [0.29, 0.717) is 12.0 Å². The molecule has 2 heteroatoms. The maximum Gasteiger partial charge on any atom is 0.122 e. The lowest BCUT2D eigenvalue weighted by Crippen LogP contribution is -2.36. The quantitative estimate of drug-likeness (QED) is 0.917. The second-order valence-corrected chi connectivity index (χ2v) is 5.37. The van der Waals surface area contributed by atoms with Gasteiger partial charge in [-0.15, -0.1) is 0 Å². The maximum atomic E-state index is 5.77. The number of benzene rings is 2. The Kier molecular flexibility index (Phi) is 4.03. The molecule has 3 rings (SSSR count). The zero-order chi connectivity index (χ0) is 13.8. The van der Waals surface area contributed by atoms with Crippen molar-refractivity contribution in [3.8, 4) is 5.75 Å². The van der Waals surface area contributed by atoms with E-state index in [4.69, 9.17) is 4.74 Å². The molecule has 104 valence electrons. The first-order chi connectivity index (χ1) is 9.88. The highest BCUT2D eigenvalue weighted by molar-refractivity contribution is 5.39. The second kappa shape index (κ2) is 6.10. The largest absolute Gasteiger partial charge is 0.493 e. The summed E-state index contributed by atoms with van der Waals surface area (Å²) in [5.74, 6) is 1.57. The third-order valence-electron chi connectivity index (χ3n) is 4.16. The number of para-hydroxylation sites is 1. The van der Waals surface area contributed by atoms with Gasteiger partial charge in [0.25, 0.3) is 0 Å². The Balaban J connectivity index is 1.84. The van der Waals surface area contributed by atoms with Crippen LogP contribution >= 0.6 is 0 Å². The number of nitrogens with one attached hydrogen (secondary N) is 1. The van der Waals surface area contributed by atoms with Gasteiger partial charge in [-0.05, 0) is 37.1 Å². The van der Waals surface area contributed by atoms with Crippen LogP contribution in [0.5, 0.6) is 5.75 Å². The summed E-state index contributed by atoms with van der Waals surface area (Å²) in [6, 6.07) is 19.6. The first kappa shape index (κ1) is 13.2. The zero-order valence-corrected chi connectivity index (χ0v) is 11.9.